The number of aryl methyl sites for hydroxylation is 1. The number of ether oxygens (including phenoxy) is 1. The van der Waals surface area contributed by atoms with Crippen molar-refractivity contribution in [3.63, 3.8) is 0 Å². The Morgan fingerprint density at radius 1 is 1.14 bits per heavy atom. The van der Waals surface area contributed by atoms with Gasteiger partial charge in [-0.2, -0.15) is 0 Å². The molecule has 28 heavy (non-hydrogen) atoms. The van der Waals surface area contributed by atoms with E-state index >= 15 is 0 Å². The standard InChI is InChI=1S/C22H25N3O3/c1-15-11-17(13-23-12-15)22(27)25-10-2-3-19(25)14-28-20-8-4-16(5-9-20)21(26)24-18-6-7-18/h4-5,8-9,11-13,18-19H,2-3,6-7,10,14H2,1H3,(H,24,26). The van der Waals surface area contributed by atoms with Crippen LogP contribution in [-0.4, -0.2) is 46.9 Å². The Morgan fingerprint density at radius 3 is 2.64 bits per heavy atom. The summed E-state index contributed by atoms with van der Waals surface area (Å²) >= 11 is 0. The molecule has 2 aromatic rings. The maximum atomic E-state index is 12.8. The van der Waals surface area contributed by atoms with E-state index < -0.39 is 0 Å². The van der Waals surface area contributed by atoms with Crippen molar-refractivity contribution < 1.29 is 14.3 Å². The lowest BCUT2D eigenvalue weighted by atomic mass is 10.1. The zero-order valence-electron chi connectivity index (χ0n) is 16.1. The Kier molecular flexibility index (Phi) is 5.28. The topological polar surface area (TPSA) is 71.5 Å². The smallest absolute Gasteiger partial charge is 0.255 e. The van der Waals surface area contributed by atoms with Crippen LogP contribution in [0.3, 0.4) is 0 Å². The van der Waals surface area contributed by atoms with E-state index in [0.717, 1.165) is 37.8 Å². The van der Waals surface area contributed by atoms with Gasteiger partial charge in [-0.15, -0.1) is 0 Å². The van der Waals surface area contributed by atoms with Crippen molar-refractivity contribution >= 4 is 11.8 Å². The van der Waals surface area contributed by atoms with E-state index in [1.165, 1.54) is 0 Å². The molecule has 1 aliphatic heterocycles. The number of amides is 2. The average Bonchev–Trinajstić information content (AvgIpc) is 3.39. The summed E-state index contributed by atoms with van der Waals surface area (Å²) < 4.78 is 5.92. The Labute approximate surface area is 164 Å². The van der Waals surface area contributed by atoms with Crippen molar-refractivity contribution in [2.45, 2.75) is 44.7 Å². The number of hydrogen-bond donors (Lipinski definition) is 1. The fraction of sp³-hybridized carbons (Fsp3) is 0.409. The van der Waals surface area contributed by atoms with E-state index in [1.54, 1.807) is 24.5 Å². The lowest BCUT2D eigenvalue weighted by Gasteiger charge is -2.25. The van der Waals surface area contributed by atoms with Crippen LogP contribution in [0.2, 0.25) is 0 Å². The number of rotatable bonds is 6. The van der Waals surface area contributed by atoms with Gasteiger partial charge in [-0.3, -0.25) is 14.6 Å². The molecule has 4 rings (SSSR count). The molecule has 1 aromatic carbocycles. The van der Waals surface area contributed by atoms with Crippen molar-refractivity contribution in [2.75, 3.05) is 13.2 Å². The lowest BCUT2D eigenvalue weighted by Crippen LogP contribution is -2.39. The van der Waals surface area contributed by atoms with Gasteiger partial charge in [-0.05, 0) is 68.5 Å². The number of nitrogens with zero attached hydrogens (tertiary/aromatic N) is 2. The molecule has 2 aliphatic rings. The maximum Gasteiger partial charge on any atom is 0.255 e. The predicted molar refractivity (Wildman–Crippen MR) is 105 cm³/mol. The van der Waals surface area contributed by atoms with Crippen LogP contribution >= 0.6 is 0 Å². The van der Waals surface area contributed by atoms with Gasteiger partial charge in [0.05, 0.1) is 11.6 Å². The Bertz CT molecular complexity index is 862. The zero-order valence-corrected chi connectivity index (χ0v) is 16.1. The molecule has 1 atom stereocenters. The third-order valence-electron chi connectivity index (χ3n) is 5.23. The minimum Gasteiger partial charge on any atom is -0.491 e. The molecule has 1 unspecified atom stereocenters. The number of likely N-dealkylation sites (tertiary alicyclic amines) is 1. The van der Waals surface area contributed by atoms with E-state index in [4.69, 9.17) is 4.74 Å². The highest BCUT2D eigenvalue weighted by Crippen LogP contribution is 2.23. The number of nitrogens with one attached hydrogen (secondary N) is 1. The lowest BCUT2D eigenvalue weighted by molar-refractivity contribution is 0.0690. The largest absolute Gasteiger partial charge is 0.491 e. The minimum atomic E-state index is -0.0339. The molecule has 2 fully saturated rings. The second kappa shape index (κ2) is 8.00. The van der Waals surface area contributed by atoms with Crippen LogP contribution in [0.25, 0.3) is 0 Å². The van der Waals surface area contributed by atoms with E-state index in [2.05, 4.69) is 10.3 Å². The fourth-order valence-corrected chi connectivity index (χ4v) is 3.51. The van der Waals surface area contributed by atoms with Crippen molar-refractivity contribution in [3.8, 4) is 5.75 Å². The highest BCUT2D eigenvalue weighted by atomic mass is 16.5. The first-order valence-corrected chi connectivity index (χ1v) is 9.86. The number of benzene rings is 1. The average molecular weight is 379 g/mol. The molecular formula is C22H25N3O3. The summed E-state index contributed by atoms with van der Waals surface area (Å²) in [4.78, 5) is 30.9. The fourth-order valence-electron chi connectivity index (χ4n) is 3.51. The molecule has 6 nitrogen and oxygen atoms in total. The Hall–Kier alpha value is -2.89. The first-order valence-electron chi connectivity index (χ1n) is 9.86. The van der Waals surface area contributed by atoms with Gasteiger partial charge < -0.3 is 15.0 Å². The van der Waals surface area contributed by atoms with E-state index in [0.29, 0.717) is 29.5 Å². The number of pyridine rings is 1. The quantitative estimate of drug-likeness (QED) is 0.838. The van der Waals surface area contributed by atoms with Gasteiger partial charge in [-0.1, -0.05) is 0 Å². The van der Waals surface area contributed by atoms with E-state index in [1.807, 2.05) is 30.0 Å². The van der Waals surface area contributed by atoms with Gasteiger partial charge >= 0.3 is 0 Å². The molecule has 6 heteroatoms. The first kappa shape index (κ1) is 18.5. The van der Waals surface area contributed by atoms with E-state index in [9.17, 15) is 9.59 Å². The van der Waals surface area contributed by atoms with Crippen LogP contribution in [0.1, 0.15) is 52.0 Å². The number of carbonyl (C=O) groups excluding carboxylic acids is 2. The van der Waals surface area contributed by atoms with Gasteiger partial charge in [0.25, 0.3) is 11.8 Å². The van der Waals surface area contributed by atoms with Crippen LogP contribution in [-0.2, 0) is 0 Å². The molecule has 1 aliphatic carbocycles. The minimum absolute atomic E-state index is 0.00870. The third-order valence-corrected chi connectivity index (χ3v) is 5.23. The monoisotopic (exact) mass is 379 g/mol. The van der Waals surface area contributed by atoms with Gasteiger partial charge in [0.2, 0.25) is 0 Å². The molecule has 0 bridgehead atoms. The SMILES string of the molecule is Cc1cncc(C(=O)N2CCCC2COc2ccc(C(=O)NC3CC3)cc2)c1. The van der Waals surface area contributed by atoms with Crippen molar-refractivity contribution in [3.05, 3.63) is 59.4 Å². The van der Waals surface area contributed by atoms with Gasteiger partial charge in [0.1, 0.15) is 12.4 Å². The maximum absolute atomic E-state index is 12.8. The predicted octanol–water partition coefficient (Wildman–Crippen LogP) is 2.97. The summed E-state index contributed by atoms with van der Waals surface area (Å²) in [6.45, 7) is 3.11. The summed E-state index contributed by atoms with van der Waals surface area (Å²) in [5.74, 6) is 0.683. The number of carbonyl (C=O) groups is 2. The summed E-state index contributed by atoms with van der Waals surface area (Å²) in [6.07, 6.45) is 7.41. The number of aromatic nitrogens is 1. The highest BCUT2D eigenvalue weighted by Gasteiger charge is 2.30. The molecule has 1 saturated carbocycles. The summed E-state index contributed by atoms with van der Waals surface area (Å²) in [7, 11) is 0. The molecule has 1 aromatic heterocycles. The normalized spacial score (nSPS) is 18.8. The zero-order chi connectivity index (χ0) is 19.5. The first-order chi connectivity index (χ1) is 13.6. The molecule has 1 saturated heterocycles. The molecule has 1 N–H and O–H groups in total. The van der Waals surface area contributed by atoms with Crippen LogP contribution in [0, 0.1) is 6.92 Å². The van der Waals surface area contributed by atoms with Crippen molar-refractivity contribution in [2.24, 2.45) is 0 Å². The molecular weight excluding hydrogens is 354 g/mol. The second-order valence-corrected chi connectivity index (χ2v) is 7.63. The highest BCUT2D eigenvalue weighted by molar-refractivity contribution is 5.95. The van der Waals surface area contributed by atoms with Crippen LogP contribution in [0.15, 0.2) is 42.7 Å². The van der Waals surface area contributed by atoms with Crippen LogP contribution in [0.5, 0.6) is 5.75 Å². The Morgan fingerprint density at radius 2 is 1.93 bits per heavy atom. The molecule has 0 radical (unpaired) electrons. The van der Waals surface area contributed by atoms with Gasteiger partial charge in [-0.25, -0.2) is 0 Å². The van der Waals surface area contributed by atoms with Crippen LogP contribution < -0.4 is 10.1 Å². The van der Waals surface area contributed by atoms with Crippen LogP contribution in [0.4, 0.5) is 0 Å². The second-order valence-electron chi connectivity index (χ2n) is 7.63. The van der Waals surface area contributed by atoms with Gasteiger partial charge in [0, 0.05) is 30.5 Å². The molecule has 146 valence electrons. The summed E-state index contributed by atoms with van der Waals surface area (Å²) in [6, 6.07) is 9.45. The van der Waals surface area contributed by atoms with Crippen molar-refractivity contribution in [1.29, 1.82) is 0 Å². The molecule has 2 heterocycles. The summed E-state index contributed by atoms with van der Waals surface area (Å²) in [5, 5.41) is 2.98. The van der Waals surface area contributed by atoms with E-state index in [-0.39, 0.29) is 17.9 Å². The third kappa shape index (κ3) is 4.32. The molecule has 0 spiro atoms. The Balaban J connectivity index is 1.34. The van der Waals surface area contributed by atoms with Crippen molar-refractivity contribution in [1.82, 2.24) is 15.2 Å². The number of hydrogen-bond acceptors (Lipinski definition) is 4. The summed E-state index contributed by atoms with van der Waals surface area (Å²) in [5.41, 5.74) is 2.24. The molecule has 2 amide bonds. The van der Waals surface area contributed by atoms with Gasteiger partial charge in [0.15, 0.2) is 0 Å².